The summed E-state index contributed by atoms with van der Waals surface area (Å²) in [6.07, 6.45) is 0. The highest BCUT2D eigenvalue weighted by molar-refractivity contribution is 6.30. The van der Waals surface area contributed by atoms with Crippen molar-refractivity contribution in [2.45, 2.75) is 13.1 Å². The predicted molar refractivity (Wildman–Crippen MR) is 73.1 cm³/mol. The molecule has 0 atom stereocenters. The Hall–Kier alpha value is -1.51. The van der Waals surface area contributed by atoms with Crippen LogP contribution in [-0.2, 0) is 13.1 Å². The van der Waals surface area contributed by atoms with Gasteiger partial charge in [-0.25, -0.2) is 0 Å². The molecule has 3 N–H and O–H groups in total. The SMILES string of the molecule is NCc1ccc(CNc2cccc(Cl)c2)cc1. The smallest absolute Gasteiger partial charge is 0.0426 e. The van der Waals surface area contributed by atoms with Crippen molar-refractivity contribution in [3.05, 3.63) is 64.7 Å². The zero-order valence-electron chi connectivity index (χ0n) is 9.49. The summed E-state index contributed by atoms with van der Waals surface area (Å²) in [5.74, 6) is 0. The maximum Gasteiger partial charge on any atom is 0.0426 e. The van der Waals surface area contributed by atoms with Gasteiger partial charge in [0.05, 0.1) is 0 Å². The molecule has 0 spiro atoms. The summed E-state index contributed by atoms with van der Waals surface area (Å²) < 4.78 is 0. The average molecular weight is 247 g/mol. The van der Waals surface area contributed by atoms with Crippen molar-refractivity contribution in [3.8, 4) is 0 Å². The number of anilines is 1. The zero-order valence-corrected chi connectivity index (χ0v) is 10.2. The molecule has 0 fully saturated rings. The van der Waals surface area contributed by atoms with E-state index in [1.165, 1.54) is 5.56 Å². The van der Waals surface area contributed by atoms with Gasteiger partial charge in [-0.15, -0.1) is 0 Å². The fraction of sp³-hybridized carbons (Fsp3) is 0.143. The molecule has 0 radical (unpaired) electrons. The Morgan fingerprint density at radius 3 is 2.35 bits per heavy atom. The highest BCUT2D eigenvalue weighted by Crippen LogP contribution is 2.15. The van der Waals surface area contributed by atoms with Crippen molar-refractivity contribution in [1.82, 2.24) is 0 Å². The van der Waals surface area contributed by atoms with Crippen molar-refractivity contribution in [3.63, 3.8) is 0 Å². The van der Waals surface area contributed by atoms with Crippen molar-refractivity contribution in [1.29, 1.82) is 0 Å². The molecule has 0 saturated heterocycles. The molecule has 0 amide bonds. The largest absolute Gasteiger partial charge is 0.381 e. The quantitative estimate of drug-likeness (QED) is 0.868. The number of hydrogen-bond acceptors (Lipinski definition) is 2. The van der Waals surface area contributed by atoms with Crippen LogP contribution in [0.15, 0.2) is 48.5 Å². The molecule has 0 bridgehead atoms. The number of benzene rings is 2. The van der Waals surface area contributed by atoms with Crippen molar-refractivity contribution >= 4 is 17.3 Å². The van der Waals surface area contributed by atoms with Gasteiger partial charge < -0.3 is 11.1 Å². The van der Waals surface area contributed by atoms with Crippen LogP contribution in [0, 0.1) is 0 Å². The molecule has 2 nitrogen and oxygen atoms in total. The van der Waals surface area contributed by atoms with E-state index >= 15 is 0 Å². The van der Waals surface area contributed by atoms with Gasteiger partial charge in [-0.05, 0) is 29.3 Å². The maximum atomic E-state index is 5.91. The fourth-order valence-electron chi connectivity index (χ4n) is 1.60. The molecule has 0 aliphatic rings. The second kappa shape index (κ2) is 5.71. The Bertz CT molecular complexity index is 480. The minimum atomic E-state index is 0.585. The van der Waals surface area contributed by atoms with E-state index in [0.717, 1.165) is 22.8 Å². The first-order valence-corrected chi connectivity index (χ1v) is 5.93. The Morgan fingerprint density at radius 1 is 1.00 bits per heavy atom. The van der Waals surface area contributed by atoms with E-state index in [9.17, 15) is 0 Å². The maximum absolute atomic E-state index is 5.91. The number of rotatable bonds is 4. The van der Waals surface area contributed by atoms with Gasteiger partial charge in [-0.1, -0.05) is 41.9 Å². The third-order valence-corrected chi connectivity index (χ3v) is 2.82. The number of nitrogens with one attached hydrogen (secondary N) is 1. The minimum absolute atomic E-state index is 0.585. The molecule has 17 heavy (non-hydrogen) atoms. The van der Waals surface area contributed by atoms with Crippen LogP contribution in [0.5, 0.6) is 0 Å². The molecular weight excluding hydrogens is 232 g/mol. The topological polar surface area (TPSA) is 38.0 Å². The summed E-state index contributed by atoms with van der Waals surface area (Å²) in [5.41, 5.74) is 8.95. The third kappa shape index (κ3) is 3.48. The van der Waals surface area contributed by atoms with Crippen LogP contribution < -0.4 is 11.1 Å². The van der Waals surface area contributed by atoms with Crippen LogP contribution >= 0.6 is 11.6 Å². The summed E-state index contributed by atoms with van der Waals surface area (Å²) >= 11 is 5.91. The minimum Gasteiger partial charge on any atom is -0.381 e. The average Bonchev–Trinajstić information content (AvgIpc) is 2.37. The van der Waals surface area contributed by atoms with Gasteiger partial charge >= 0.3 is 0 Å². The van der Waals surface area contributed by atoms with Gasteiger partial charge in [0, 0.05) is 23.8 Å². The van der Waals surface area contributed by atoms with Crippen LogP contribution in [0.3, 0.4) is 0 Å². The van der Waals surface area contributed by atoms with E-state index in [-0.39, 0.29) is 0 Å². The van der Waals surface area contributed by atoms with Gasteiger partial charge in [0.25, 0.3) is 0 Å². The second-order valence-corrected chi connectivity index (χ2v) is 4.32. The summed E-state index contributed by atoms with van der Waals surface area (Å²) in [6.45, 7) is 1.37. The molecule has 2 rings (SSSR count). The lowest BCUT2D eigenvalue weighted by Gasteiger charge is -2.07. The van der Waals surface area contributed by atoms with Crippen molar-refractivity contribution in [2.24, 2.45) is 5.73 Å². The van der Waals surface area contributed by atoms with E-state index < -0.39 is 0 Å². The summed E-state index contributed by atoms with van der Waals surface area (Å²) in [5, 5.41) is 4.07. The van der Waals surface area contributed by atoms with Crippen molar-refractivity contribution in [2.75, 3.05) is 5.32 Å². The molecular formula is C14H15ClN2. The summed E-state index contributed by atoms with van der Waals surface area (Å²) in [6, 6.07) is 16.0. The molecule has 0 saturated carbocycles. The Balaban J connectivity index is 1.97. The lowest BCUT2D eigenvalue weighted by Crippen LogP contribution is -2.00. The highest BCUT2D eigenvalue weighted by Gasteiger charge is 1.95. The normalized spacial score (nSPS) is 10.2. The van der Waals surface area contributed by atoms with Crippen LogP contribution in [0.2, 0.25) is 5.02 Å². The van der Waals surface area contributed by atoms with Crippen molar-refractivity contribution < 1.29 is 0 Å². The van der Waals surface area contributed by atoms with Gasteiger partial charge in [-0.2, -0.15) is 0 Å². The molecule has 0 aromatic heterocycles. The zero-order chi connectivity index (χ0) is 12.1. The Kier molecular flexibility index (Phi) is 4.02. The lowest BCUT2D eigenvalue weighted by molar-refractivity contribution is 1.06. The van der Waals surface area contributed by atoms with Gasteiger partial charge in [0.1, 0.15) is 0 Å². The molecule has 2 aromatic rings. The molecule has 0 aliphatic heterocycles. The lowest BCUT2D eigenvalue weighted by atomic mass is 10.1. The third-order valence-electron chi connectivity index (χ3n) is 2.58. The van der Waals surface area contributed by atoms with Crippen LogP contribution in [0.25, 0.3) is 0 Å². The van der Waals surface area contributed by atoms with Gasteiger partial charge in [0.2, 0.25) is 0 Å². The molecule has 0 heterocycles. The number of hydrogen-bond donors (Lipinski definition) is 2. The predicted octanol–water partition coefficient (Wildman–Crippen LogP) is 3.41. The number of halogens is 1. The second-order valence-electron chi connectivity index (χ2n) is 3.88. The van der Waals surface area contributed by atoms with E-state index in [0.29, 0.717) is 6.54 Å². The molecule has 88 valence electrons. The van der Waals surface area contributed by atoms with E-state index in [1.807, 2.05) is 24.3 Å². The van der Waals surface area contributed by atoms with Crippen LogP contribution in [-0.4, -0.2) is 0 Å². The molecule has 0 aliphatic carbocycles. The molecule has 3 heteroatoms. The Morgan fingerprint density at radius 2 is 1.71 bits per heavy atom. The first-order valence-electron chi connectivity index (χ1n) is 5.55. The highest BCUT2D eigenvalue weighted by atomic mass is 35.5. The summed E-state index contributed by atoms with van der Waals surface area (Å²) in [4.78, 5) is 0. The van der Waals surface area contributed by atoms with E-state index in [2.05, 4.69) is 29.6 Å². The van der Waals surface area contributed by atoms with Gasteiger partial charge in [0.15, 0.2) is 0 Å². The standard InChI is InChI=1S/C14H15ClN2/c15-13-2-1-3-14(8-13)17-10-12-6-4-11(9-16)5-7-12/h1-8,17H,9-10,16H2. The molecule has 2 aromatic carbocycles. The van der Waals surface area contributed by atoms with Crippen LogP contribution in [0.1, 0.15) is 11.1 Å². The van der Waals surface area contributed by atoms with Crippen LogP contribution in [0.4, 0.5) is 5.69 Å². The van der Waals surface area contributed by atoms with E-state index in [4.69, 9.17) is 17.3 Å². The fourth-order valence-corrected chi connectivity index (χ4v) is 1.79. The number of nitrogens with two attached hydrogens (primary N) is 1. The summed E-state index contributed by atoms with van der Waals surface area (Å²) in [7, 11) is 0. The molecule has 0 unspecified atom stereocenters. The first kappa shape index (κ1) is 12.0. The first-order chi connectivity index (χ1) is 8.28. The van der Waals surface area contributed by atoms with E-state index in [1.54, 1.807) is 0 Å². The Labute approximate surface area is 106 Å². The monoisotopic (exact) mass is 246 g/mol. The van der Waals surface area contributed by atoms with Gasteiger partial charge in [-0.3, -0.25) is 0 Å².